The number of β-amino-alcohol motifs (C(OH)–C–C–N with tert-alkyl or cyclic N) is 1. The van der Waals surface area contributed by atoms with Crippen molar-refractivity contribution >= 4 is 29.7 Å². The fourth-order valence-electron chi connectivity index (χ4n) is 2.99. The number of hydrogen-bond donors (Lipinski definition) is 3. The van der Waals surface area contributed by atoms with E-state index < -0.39 is 6.10 Å². The number of benzene rings is 1. The molecule has 0 bridgehead atoms. The van der Waals surface area contributed by atoms with Crippen molar-refractivity contribution < 1.29 is 9.90 Å². The molecule has 1 aliphatic heterocycles. The number of rotatable bonds is 5. The normalized spacial score (nSPS) is 20.8. The number of nitrogens with zero attached hydrogens (tertiary/aromatic N) is 1. The highest BCUT2D eigenvalue weighted by Crippen LogP contribution is 2.29. The van der Waals surface area contributed by atoms with Gasteiger partial charge >= 0.3 is 0 Å². The fourth-order valence-corrected chi connectivity index (χ4v) is 3.88. The van der Waals surface area contributed by atoms with Gasteiger partial charge in [0.05, 0.1) is 34.3 Å². The van der Waals surface area contributed by atoms with Crippen LogP contribution in [0.2, 0.25) is 0 Å². The Hall–Kier alpha value is -1.47. The molecule has 0 saturated carbocycles. The molecule has 2 aromatic rings. The zero-order valence-corrected chi connectivity index (χ0v) is 16.0. The van der Waals surface area contributed by atoms with Gasteiger partial charge in [0.25, 0.3) is 0 Å². The quantitative estimate of drug-likeness (QED) is 0.744. The molecule has 1 aromatic heterocycles. The van der Waals surface area contributed by atoms with Crippen LogP contribution in [-0.4, -0.2) is 34.7 Å². The van der Waals surface area contributed by atoms with Crippen molar-refractivity contribution in [2.75, 3.05) is 6.54 Å². The van der Waals surface area contributed by atoms with Crippen LogP contribution in [0.15, 0.2) is 29.8 Å². The first-order valence-electron chi connectivity index (χ1n) is 8.33. The van der Waals surface area contributed by atoms with Crippen molar-refractivity contribution in [2.45, 2.75) is 44.9 Å². The van der Waals surface area contributed by atoms with Crippen LogP contribution in [-0.2, 0) is 11.2 Å². The lowest BCUT2D eigenvalue weighted by molar-refractivity contribution is -0.123. The number of aryl methyl sites for hydroxylation is 1. The average Bonchev–Trinajstić information content (AvgIpc) is 3.23. The number of nitrogens with one attached hydrogen (secondary N) is 2. The topological polar surface area (TPSA) is 74.2 Å². The molecule has 0 spiro atoms. The zero-order chi connectivity index (χ0) is 17.1. The maximum Gasteiger partial charge on any atom is 0.237 e. The van der Waals surface area contributed by atoms with Crippen LogP contribution < -0.4 is 10.6 Å². The molecule has 136 valence electrons. The summed E-state index contributed by atoms with van der Waals surface area (Å²) in [5, 5.41) is 15.6. The molecular formula is C18H24ClN3O2S. The summed E-state index contributed by atoms with van der Waals surface area (Å²) in [5.41, 5.74) is 5.24. The van der Waals surface area contributed by atoms with E-state index in [1.54, 1.807) is 11.3 Å². The van der Waals surface area contributed by atoms with E-state index in [-0.39, 0.29) is 30.4 Å². The predicted molar refractivity (Wildman–Crippen MR) is 103 cm³/mol. The van der Waals surface area contributed by atoms with E-state index in [0.29, 0.717) is 13.0 Å². The van der Waals surface area contributed by atoms with Crippen LogP contribution >= 0.6 is 23.7 Å². The molecule has 1 aliphatic rings. The Labute approximate surface area is 158 Å². The van der Waals surface area contributed by atoms with E-state index >= 15 is 0 Å². The minimum Gasteiger partial charge on any atom is -0.392 e. The number of amides is 1. The lowest BCUT2D eigenvalue weighted by Gasteiger charge is -2.18. The van der Waals surface area contributed by atoms with Crippen LogP contribution in [0, 0.1) is 0 Å². The molecule has 5 nitrogen and oxygen atoms in total. The van der Waals surface area contributed by atoms with Crippen LogP contribution in [0.25, 0.3) is 10.4 Å². The van der Waals surface area contributed by atoms with Gasteiger partial charge in [-0.15, -0.1) is 23.7 Å². The molecule has 3 rings (SSSR count). The van der Waals surface area contributed by atoms with Crippen LogP contribution in [0.1, 0.15) is 37.6 Å². The second-order valence-corrected chi connectivity index (χ2v) is 7.04. The van der Waals surface area contributed by atoms with Gasteiger partial charge in [0.2, 0.25) is 5.91 Å². The molecule has 2 heterocycles. The van der Waals surface area contributed by atoms with Gasteiger partial charge in [0.1, 0.15) is 0 Å². The fraction of sp³-hybridized carbons (Fsp3) is 0.444. The highest BCUT2D eigenvalue weighted by Gasteiger charge is 2.28. The van der Waals surface area contributed by atoms with Crippen molar-refractivity contribution in [3.63, 3.8) is 0 Å². The van der Waals surface area contributed by atoms with E-state index in [4.69, 9.17) is 0 Å². The molecule has 0 aliphatic carbocycles. The predicted octanol–water partition coefficient (Wildman–Crippen LogP) is 2.69. The van der Waals surface area contributed by atoms with Crippen LogP contribution in [0.5, 0.6) is 0 Å². The SMILES string of the molecule is CCc1ncsc1-c1ccc([C@H](C)NC(=O)C2CC(O)CN2)cc1.Cl. The molecule has 1 aromatic carbocycles. The van der Waals surface area contributed by atoms with Gasteiger partial charge in [0.15, 0.2) is 0 Å². The number of aromatic nitrogens is 1. The molecule has 1 saturated heterocycles. The van der Waals surface area contributed by atoms with Gasteiger partial charge in [-0.1, -0.05) is 31.2 Å². The summed E-state index contributed by atoms with van der Waals surface area (Å²) in [6.45, 7) is 4.57. The summed E-state index contributed by atoms with van der Waals surface area (Å²) in [5.74, 6) is -0.0566. The Bertz CT molecular complexity index is 705. The molecule has 25 heavy (non-hydrogen) atoms. The van der Waals surface area contributed by atoms with Crippen molar-refractivity contribution in [2.24, 2.45) is 0 Å². The Kier molecular flexibility index (Phi) is 6.95. The Morgan fingerprint density at radius 2 is 2.16 bits per heavy atom. The van der Waals surface area contributed by atoms with E-state index in [1.165, 1.54) is 4.88 Å². The number of halogens is 1. The third-order valence-corrected chi connectivity index (χ3v) is 5.35. The van der Waals surface area contributed by atoms with Gasteiger partial charge in [-0.25, -0.2) is 4.98 Å². The number of thiazole rings is 1. The lowest BCUT2D eigenvalue weighted by Crippen LogP contribution is -2.41. The second kappa shape index (κ2) is 8.76. The van der Waals surface area contributed by atoms with Gasteiger partial charge in [0, 0.05) is 6.54 Å². The minimum absolute atomic E-state index is 0. The number of carbonyl (C=O) groups excluding carboxylic acids is 1. The molecule has 1 amide bonds. The smallest absolute Gasteiger partial charge is 0.237 e. The molecule has 3 atom stereocenters. The summed E-state index contributed by atoms with van der Waals surface area (Å²) in [6, 6.07) is 7.90. The molecule has 3 N–H and O–H groups in total. The average molecular weight is 382 g/mol. The maximum absolute atomic E-state index is 12.2. The highest BCUT2D eigenvalue weighted by molar-refractivity contribution is 7.13. The van der Waals surface area contributed by atoms with Gasteiger partial charge in [-0.05, 0) is 30.9 Å². The zero-order valence-electron chi connectivity index (χ0n) is 14.4. The number of hydrogen-bond acceptors (Lipinski definition) is 5. The molecule has 7 heteroatoms. The third-order valence-electron chi connectivity index (χ3n) is 4.43. The van der Waals surface area contributed by atoms with Gasteiger partial charge in [-0.3, -0.25) is 4.79 Å². The van der Waals surface area contributed by atoms with E-state index in [1.807, 2.05) is 12.4 Å². The Balaban J connectivity index is 0.00000225. The third kappa shape index (κ3) is 4.58. The molecule has 1 fully saturated rings. The summed E-state index contributed by atoms with van der Waals surface area (Å²) in [6.07, 6.45) is 0.971. The van der Waals surface area contributed by atoms with Crippen LogP contribution in [0.4, 0.5) is 0 Å². The Morgan fingerprint density at radius 1 is 1.44 bits per heavy atom. The number of aliphatic hydroxyl groups excluding tert-OH is 1. The molecule has 0 radical (unpaired) electrons. The number of aliphatic hydroxyl groups is 1. The first-order chi connectivity index (χ1) is 11.6. The maximum atomic E-state index is 12.2. The van der Waals surface area contributed by atoms with Crippen molar-refractivity contribution in [3.8, 4) is 10.4 Å². The summed E-state index contributed by atoms with van der Waals surface area (Å²) in [4.78, 5) is 17.8. The number of carbonyl (C=O) groups is 1. The second-order valence-electron chi connectivity index (χ2n) is 6.18. The van der Waals surface area contributed by atoms with Crippen molar-refractivity contribution in [1.82, 2.24) is 15.6 Å². The minimum atomic E-state index is -0.428. The largest absolute Gasteiger partial charge is 0.392 e. The van der Waals surface area contributed by atoms with Crippen molar-refractivity contribution in [3.05, 3.63) is 41.0 Å². The standard InChI is InChI=1S/C18H23N3O2S.ClH/c1-3-15-17(24-10-20-15)13-6-4-12(5-7-13)11(2)21-18(23)16-8-14(22)9-19-16;/h4-7,10-11,14,16,19,22H,3,8-9H2,1-2H3,(H,21,23);1H/t11-,14?,16?;/m0./s1. The first-order valence-corrected chi connectivity index (χ1v) is 9.21. The Morgan fingerprint density at radius 3 is 2.76 bits per heavy atom. The van der Waals surface area contributed by atoms with E-state index in [9.17, 15) is 9.90 Å². The van der Waals surface area contributed by atoms with E-state index in [0.717, 1.165) is 23.2 Å². The molecular weight excluding hydrogens is 358 g/mol. The first kappa shape index (κ1) is 19.8. The van der Waals surface area contributed by atoms with E-state index in [2.05, 4.69) is 46.8 Å². The van der Waals surface area contributed by atoms with Gasteiger partial charge in [-0.2, -0.15) is 0 Å². The summed E-state index contributed by atoms with van der Waals surface area (Å²) in [7, 11) is 0. The molecule has 2 unspecified atom stereocenters. The van der Waals surface area contributed by atoms with Crippen LogP contribution in [0.3, 0.4) is 0 Å². The van der Waals surface area contributed by atoms with Crippen molar-refractivity contribution in [1.29, 1.82) is 0 Å². The summed E-state index contributed by atoms with van der Waals surface area (Å²) < 4.78 is 0. The summed E-state index contributed by atoms with van der Waals surface area (Å²) >= 11 is 1.66. The monoisotopic (exact) mass is 381 g/mol. The highest BCUT2D eigenvalue weighted by atomic mass is 35.5. The van der Waals surface area contributed by atoms with Gasteiger partial charge < -0.3 is 15.7 Å². The lowest BCUT2D eigenvalue weighted by atomic mass is 10.0.